The van der Waals surface area contributed by atoms with Crippen molar-refractivity contribution in [1.29, 1.82) is 0 Å². The topological polar surface area (TPSA) is 82.6 Å². The molecule has 1 N–H and O–H groups in total. The predicted octanol–water partition coefficient (Wildman–Crippen LogP) is -0.554. The number of aromatic nitrogens is 1. The molecule has 1 aromatic heterocycles. The van der Waals surface area contributed by atoms with E-state index in [2.05, 4.69) is 10.3 Å². The summed E-state index contributed by atoms with van der Waals surface area (Å²) >= 11 is 0. The van der Waals surface area contributed by atoms with E-state index in [0.717, 1.165) is 16.1 Å². The molecule has 0 bridgehead atoms. The highest BCUT2D eigenvalue weighted by Gasteiger charge is 2.29. The molecule has 7 nitrogen and oxygen atoms in total. The normalized spacial score (nSPS) is 19.8. The maximum atomic E-state index is 12.4. The Morgan fingerprint density at radius 2 is 2.14 bits per heavy atom. The van der Waals surface area contributed by atoms with Crippen LogP contribution in [0.1, 0.15) is 11.6 Å². The smallest absolute Gasteiger partial charge is 0.238 e. The van der Waals surface area contributed by atoms with E-state index in [-0.39, 0.29) is 18.5 Å². The molecular weight excluding hydrogens is 292 g/mol. The summed E-state index contributed by atoms with van der Waals surface area (Å²) in [6, 6.07) is 3.65. The lowest BCUT2D eigenvalue weighted by atomic mass is 10.0. The molecule has 21 heavy (non-hydrogen) atoms. The molecule has 0 radical (unpaired) electrons. The van der Waals surface area contributed by atoms with Crippen LogP contribution in [0.2, 0.25) is 0 Å². The Labute approximate surface area is 125 Å². The van der Waals surface area contributed by atoms with Crippen molar-refractivity contribution in [1.82, 2.24) is 19.5 Å². The van der Waals surface area contributed by atoms with Crippen molar-refractivity contribution in [3.05, 3.63) is 30.1 Å². The summed E-state index contributed by atoms with van der Waals surface area (Å²) in [6.45, 7) is 1.78. The maximum Gasteiger partial charge on any atom is 0.238 e. The third-order valence-corrected chi connectivity index (χ3v) is 4.84. The lowest BCUT2D eigenvalue weighted by molar-refractivity contribution is -0.134. The second-order valence-corrected chi connectivity index (χ2v) is 7.20. The molecule has 1 fully saturated rings. The van der Waals surface area contributed by atoms with Crippen LogP contribution in [0.25, 0.3) is 0 Å². The van der Waals surface area contributed by atoms with Crippen molar-refractivity contribution in [3.8, 4) is 0 Å². The number of nitrogens with one attached hydrogen (secondary N) is 1. The molecule has 2 heterocycles. The number of likely N-dealkylation sites (N-methyl/N-ethyl adjacent to an activating group) is 1. The van der Waals surface area contributed by atoms with E-state index in [4.69, 9.17) is 0 Å². The first kappa shape index (κ1) is 15.9. The molecule has 0 aliphatic carbocycles. The third kappa shape index (κ3) is 3.99. The number of rotatable bonds is 4. The van der Waals surface area contributed by atoms with Gasteiger partial charge in [0.15, 0.2) is 0 Å². The molecule has 1 aromatic rings. The second-order valence-electron chi connectivity index (χ2n) is 5.11. The van der Waals surface area contributed by atoms with E-state index in [0.29, 0.717) is 19.6 Å². The lowest BCUT2D eigenvalue weighted by Crippen LogP contribution is -2.51. The first-order chi connectivity index (χ1) is 9.89. The highest BCUT2D eigenvalue weighted by molar-refractivity contribution is 7.88. The average Bonchev–Trinajstić information content (AvgIpc) is 2.47. The van der Waals surface area contributed by atoms with Crippen LogP contribution in [0.3, 0.4) is 0 Å². The van der Waals surface area contributed by atoms with Crippen LogP contribution in [-0.4, -0.2) is 68.0 Å². The number of nitrogens with zero attached hydrogens (tertiary/aromatic N) is 3. The number of piperazine rings is 1. The van der Waals surface area contributed by atoms with Gasteiger partial charge in [0, 0.05) is 39.1 Å². The van der Waals surface area contributed by atoms with Gasteiger partial charge < -0.3 is 10.2 Å². The molecule has 8 heteroatoms. The van der Waals surface area contributed by atoms with Crippen molar-refractivity contribution in [2.45, 2.75) is 6.04 Å². The highest BCUT2D eigenvalue weighted by atomic mass is 32.2. The van der Waals surface area contributed by atoms with Gasteiger partial charge in [-0.05, 0) is 17.7 Å². The van der Waals surface area contributed by atoms with Crippen LogP contribution in [0.4, 0.5) is 0 Å². The molecule has 116 valence electrons. The van der Waals surface area contributed by atoms with Gasteiger partial charge in [-0.15, -0.1) is 0 Å². The lowest BCUT2D eigenvalue weighted by Gasteiger charge is -2.37. The quantitative estimate of drug-likeness (QED) is 0.806. The Kier molecular flexibility index (Phi) is 4.92. The number of hydrogen-bond acceptors (Lipinski definition) is 5. The minimum Gasteiger partial charge on any atom is -0.332 e. The summed E-state index contributed by atoms with van der Waals surface area (Å²) in [5.74, 6) is -0.189. The molecule has 1 unspecified atom stereocenters. The van der Waals surface area contributed by atoms with Gasteiger partial charge in [-0.3, -0.25) is 9.78 Å². The highest BCUT2D eigenvalue weighted by Crippen LogP contribution is 2.21. The number of hydrogen-bond donors (Lipinski definition) is 1. The minimum absolute atomic E-state index is 0.0952. The Balaban J connectivity index is 2.14. The van der Waals surface area contributed by atoms with Crippen molar-refractivity contribution in [2.75, 3.05) is 39.5 Å². The van der Waals surface area contributed by atoms with Gasteiger partial charge >= 0.3 is 0 Å². The van der Waals surface area contributed by atoms with E-state index >= 15 is 0 Å². The monoisotopic (exact) mass is 312 g/mol. The zero-order valence-electron chi connectivity index (χ0n) is 12.2. The van der Waals surface area contributed by atoms with E-state index in [1.54, 1.807) is 17.3 Å². The van der Waals surface area contributed by atoms with Crippen LogP contribution in [0.15, 0.2) is 24.5 Å². The van der Waals surface area contributed by atoms with E-state index in [1.165, 1.54) is 7.05 Å². The van der Waals surface area contributed by atoms with E-state index < -0.39 is 10.0 Å². The Morgan fingerprint density at radius 3 is 2.76 bits per heavy atom. The van der Waals surface area contributed by atoms with E-state index in [1.807, 2.05) is 12.1 Å². The minimum atomic E-state index is -3.36. The molecule has 0 aromatic carbocycles. The van der Waals surface area contributed by atoms with Crippen molar-refractivity contribution in [2.24, 2.45) is 0 Å². The van der Waals surface area contributed by atoms with Gasteiger partial charge in [-0.25, -0.2) is 8.42 Å². The summed E-state index contributed by atoms with van der Waals surface area (Å²) in [5.41, 5.74) is 0.993. The molecule has 0 spiro atoms. The van der Waals surface area contributed by atoms with Gasteiger partial charge in [0.1, 0.15) is 0 Å². The fraction of sp³-hybridized carbons (Fsp3) is 0.538. The van der Waals surface area contributed by atoms with Gasteiger partial charge in [0.25, 0.3) is 0 Å². The van der Waals surface area contributed by atoms with Crippen molar-refractivity contribution >= 4 is 15.9 Å². The molecule has 1 saturated heterocycles. The summed E-state index contributed by atoms with van der Waals surface area (Å²) < 4.78 is 23.9. The number of amides is 1. The molecule has 0 saturated carbocycles. The van der Waals surface area contributed by atoms with Gasteiger partial charge in [-0.1, -0.05) is 0 Å². The third-order valence-electron chi connectivity index (χ3n) is 3.58. The molecular formula is C13H20N4O3S. The second kappa shape index (κ2) is 6.50. The molecule has 1 amide bonds. The van der Waals surface area contributed by atoms with E-state index in [9.17, 15) is 13.2 Å². The summed E-state index contributed by atoms with van der Waals surface area (Å²) in [4.78, 5) is 18.1. The number of sulfonamides is 1. The zero-order valence-corrected chi connectivity index (χ0v) is 13.0. The molecule has 1 aliphatic heterocycles. The number of pyridine rings is 1. The van der Waals surface area contributed by atoms with Gasteiger partial charge in [0.05, 0.1) is 18.8 Å². The first-order valence-corrected chi connectivity index (χ1v) is 8.56. The largest absolute Gasteiger partial charge is 0.332 e. The fourth-order valence-electron chi connectivity index (χ4n) is 2.28. The van der Waals surface area contributed by atoms with Crippen LogP contribution in [0.5, 0.6) is 0 Å². The Bertz CT molecular complexity index is 591. The summed E-state index contributed by atoms with van der Waals surface area (Å²) in [7, 11) is -1.94. The standard InChI is InChI=1S/C13H20N4O3S/c1-16(21(2,19)20)10-13(18)17-8-7-15-9-12(17)11-3-5-14-6-4-11/h3-6,12,15H,7-10H2,1-2H3. The average molecular weight is 312 g/mol. The molecule has 1 atom stereocenters. The Morgan fingerprint density at radius 1 is 1.48 bits per heavy atom. The summed E-state index contributed by atoms with van der Waals surface area (Å²) in [6.07, 6.45) is 4.48. The predicted molar refractivity (Wildman–Crippen MR) is 79.0 cm³/mol. The van der Waals surface area contributed by atoms with Gasteiger partial charge in [-0.2, -0.15) is 4.31 Å². The SMILES string of the molecule is CN(CC(=O)N1CCNCC1c1ccncc1)S(C)(=O)=O. The first-order valence-electron chi connectivity index (χ1n) is 6.71. The van der Waals surface area contributed by atoms with Crippen LogP contribution >= 0.6 is 0 Å². The van der Waals surface area contributed by atoms with Crippen molar-refractivity contribution in [3.63, 3.8) is 0 Å². The number of carbonyl (C=O) groups excluding carboxylic acids is 1. The zero-order chi connectivity index (χ0) is 15.5. The molecule has 2 rings (SSSR count). The van der Waals surface area contributed by atoms with Crippen molar-refractivity contribution < 1.29 is 13.2 Å². The Hall–Kier alpha value is -1.51. The number of carbonyl (C=O) groups is 1. The summed E-state index contributed by atoms with van der Waals surface area (Å²) in [5, 5.41) is 3.26. The molecule has 1 aliphatic rings. The van der Waals surface area contributed by atoms with Crippen LogP contribution in [-0.2, 0) is 14.8 Å². The van der Waals surface area contributed by atoms with Crippen LogP contribution in [0, 0.1) is 0 Å². The maximum absolute atomic E-state index is 12.4. The fourth-order valence-corrected chi connectivity index (χ4v) is 2.63. The van der Waals surface area contributed by atoms with Crippen LogP contribution < -0.4 is 5.32 Å². The van der Waals surface area contributed by atoms with Gasteiger partial charge in [0.2, 0.25) is 15.9 Å².